The normalized spacial score (nSPS) is 11.4. The van der Waals surface area contributed by atoms with Crippen LogP contribution in [0.3, 0.4) is 0 Å². The van der Waals surface area contributed by atoms with Crippen molar-refractivity contribution in [2.75, 3.05) is 11.9 Å². The lowest BCUT2D eigenvalue weighted by Gasteiger charge is -2.20. The first-order chi connectivity index (χ1) is 14.5. The van der Waals surface area contributed by atoms with Crippen molar-refractivity contribution < 1.29 is 19.1 Å². The van der Waals surface area contributed by atoms with Gasteiger partial charge in [0, 0.05) is 5.56 Å². The summed E-state index contributed by atoms with van der Waals surface area (Å²) in [5.41, 5.74) is 3.39. The van der Waals surface area contributed by atoms with Crippen LogP contribution in [0.2, 0.25) is 0 Å². The second-order valence-corrected chi connectivity index (χ2v) is 6.93. The Morgan fingerprint density at radius 3 is 2.33 bits per heavy atom. The van der Waals surface area contributed by atoms with E-state index in [1.807, 2.05) is 45.0 Å². The molecule has 5 heteroatoms. The molecule has 1 N–H and O–H groups in total. The zero-order chi connectivity index (χ0) is 21.5. The molecule has 0 aromatic heterocycles. The Hall–Kier alpha value is -3.60. The highest BCUT2D eigenvalue weighted by Gasteiger charge is 2.27. The van der Waals surface area contributed by atoms with Gasteiger partial charge in [0.25, 0.3) is 5.91 Å². The number of anilines is 1. The number of hydrogen-bond donors (Lipinski definition) is 1. The maximum Gasteiger partial charge on any atom is 0.339 e. The quantitative estimate of drug-likeness (QED) is 0.548. The Kier molecular flexibility index (Phi) is 6.86. The number of para-hydroxylation sites is 2. The van der Waals surface area contributed by atoms with E-state index in [0.29, 0.717) is 29.2 Å². The second-order valence-electron chi connectivity index (χ2n) is 6.93. The third-order valence-corrected chi connectivity index (χ3v) is 4.61. The fraction of sp³-hybridized carbons (Fsp3) is 0.200. The number of hydrogen-bond acceptors (Lipinski definition) is 4. The van der Waals surface area contributed by atoms with Gasteiger partial charge in [-0.1, -0.05) is 60.2 Å². The first kappa shape index (κ1) is 21.1. The summed E-state index contributed by atoms with van der Waals surface area (Å²) in [6, 6.07) is 21.6. The first-order valence-corrected chi connectivity index (χ1v) is 9.85. The van der Waals surface area contributed by atoms with Crippen molar-refractivity contribution in [3.05, 3.63) is 95.1 Å². The standard InChI is InChI=1S/C25H25NO4/c1-4-29-22-13-9-8-12-21(22)26-24(27)23(19-10-6-5-7-11-19)30-25(28)20-15-14-17(2)16-18(20)3/h5-16,23H,4H2,1-3H3,(H,26,27)/t23-/m0/s1. The lowest BCUT2D eigenvalue weighted by atomic mass is 10.1. The van der Waals surface area contributed by atoms with Crippen molar-refractivity contribution in [2.45, 2.75) is 26.9 Å². The van der Waals surface area contributed by atoms with E-state index in [-0.39, 0.29) is 0 Å². The molecule has 30 heavy (non-hydrogen) atoms. The fourth-order valence-electron chi connectivity index (χ4n) is 3.16. The average molecular weight is 403 g/mol. The minimum atomic E-state index is -1.10. The van der Waals surface area contributed by atoms with Gasteiger partial charge in [0.05, 0.1) is 17.9 Å². The van der Waals surface area contributed by atoms with E-state index in [9.17, 15) is 9.59 Å². The molecule has 0 aliphatic heterocycles. The van der Waals surface area contributed by atoms with Crippen LogP contribution >= 0.6 is 0 Å². The van der Waals surface area contributed by atoms with Gasteiger partial charge in [0.1, 0.15) is 5.75 Å². The lowest BCUT2D eigenvalue weighted by molar-refractivity contribution is -0.125. The molecule has 154 valence electrons. The molecule has 5 nitrogen and oxygen atoms in total. The molecule has 0 heterocycles. The summed E-state index contributed by atoms with van der Waals surface area (Å²) in [5.74, 6) is -0.443. The number of carbonyl (C=O) groups is 2. The molecule has 0 fully saturated rings. The molecule has 3 rings (SSSR count). The van der Waals surface area contributed by atoms with Crippen molar-refractivity contribution >= 4 is 17.6 Å². The average Bonchev–Trinajstić information content (AvgIpc) is 2.74. The van der Waals surface area contributed by atoms with Crippen molar-refractivity contribution in [2.24, 2.45) is 0 Å². The molecule has 1 amide bonds. The number of amides is 1. The fourth-order valence-corrected chi connectivity index (χ4v) is 3.16. The molecule has 1 atom stereocenters. The van der Waals surface area contributed by atoms with Crippen molar-refractivity contribution in [3.8, 4) is 5.75 Å². The molecular formula is C25H25NO4. The molecule has 0 radical (unpaired) electrons. The summed E-state index contributed by atoms with van der Waals surface area (Å²) < 4.78 is 11.3. The highest BCUT2D eigenvalue weighted by atomic mass is 16.5. The van der Waals surface area contributed by atoms with Crippen LogP contribution in [0.5, 0.6) is 5.75 Å². The molecular weight excluding hydrogens is 378 g/mol. The number of esters is 1. The highest BCUT2D eigenvalue weighted by molar-refractivity contribution is 5.99. The van der Waals surface area contributed by atoms with Gasteiger partial charge in [-0.3, -0.25) is 4.79 Å². The van der Waals surface area contributed by atoms with Crippen LogP contribution in [0.25, 0.3) is 0 Å². The van der Waals surface area contributed by atoms with Gasteiger partial charge in [-0.25, -0.2) is 4.79 Å². The van der Waals surface area contributed by atoms with Gasteiger partial charge in [-0.05, 0) is 44.5 Å². The summed E-state index contributed by atoms with van der Waals surface area (Å²) in [6.45, 7) is 6.14. The van der Waals surface area contributed by atoms with Crippen molar-refractivity contribution in [1.29, 1.82) is 0 Å². The Labute approximate surface area is 176 Å². The monoisotopic (exact) mass is 403 g/mol. The minimum absolute atomic E-state index is 0.434. The predicted molar refractivity (Wildman–Crippen MR) is 117 cm³/mol. The van der Waals surface area contributed by atoms with Gasteiger partial charge in [-0.15, -0.1) is 0 Å². The number of benzene rings is 3. The number of rotatable bonds is 7. The van der Waals surface area contributed by atoms with Crippen LogP contribution in [0, 0.1) is 13.8 Å². The number of carbonyl (C=O) groups excluding carboxylic acids is 2. The van der Waals surface area contributed by atoms with Gasteiger partial charge in [0.2, 0.25) is 6.10 Å². The van der Waals surface area contributed by atoms with Gasteiger partial charge >= 0.3 is 5.97 Å². The topological polar surface area (TPSA) is 64.6 Å². The molecule has 0 aliphatic rings. The summed E-state index contributed by atoms with van der Waals surface area (Å²) >= 11 is 0. The van der Waals surface area contributed by atoms with E-state index >= 15 is 0 Å². The Morgan fingerprint density at radius 1 is 0.933 bits per heavy atom. The zero-order valence-corrected chi connectivity index (χ0v) is 17.3. The van der Waals surface area contributed by atoms with E-state index in [0.717, 1.165) is 11.1 Å². The van der Waals surface area contributed by atoms with Gasteiger partial charge < -0.3 is 14.8 Å². The Balaban J connectivity index is 1.88. The second kappa shape index (κ2) is 9.74. The minimum Gasteiger partial charge on any atom is -0.492 e. The lowest BCUT2D eigenvalue weighted by Crippen LogP contribution is -2.26. The van der Waals surface area contributed by atoms with E-state index in [4.69, 9.17) is 9.47 Å². The molecule has 0 saturated heterocycles. The maximum absolute atomic E-state index is 13.1. The predicted octanol–water partition coefficient (Wildman–Crippen LogP) is 5.24. The molecule has 0 spiro atoms. The summed E-state index contributed by atoms with van der Waals surface area (Å²) in [6.07, 6.45) is -1.10. The SMILES string of the molecule is CCOc1ccccc1NC(=O)[C@@H](OC(=O)c1ccc(C)cc1C)c1ccccc1. The van der Waals surface area contributed by atoms with Crippen LogP contribution in [0.1, 0.15) is 40.1 Å². The number of ether oxygens (including phenoxy) is 2. The van der Waals surface area contributed by atoms with Gasteiger partial charge in [-0.2, -0.15) is 0 Å². The van der Waals surface area contributed by atoms with Crippen LogP contribution in [-0.4, -0.2) is 18.5 Å². The third kappa shape index (κ3) is 5.06. The van der Waals surface area contributed by atoms with Crippen LogP contribution in [0.4, 0.5) is 5.69 Å². The Morgan fingerprint density at radius 2 is 1.63 bits per heavy atom. The van der Waals surface area contributed by atoms with E-state index in [1.165, 1.54) is 0 Å². The Bertz CT molecular complexity index is 1030. The van der Waals surface area contributed by atoms with Crippen LogP contribution in [-0.2, 0) is 9.53 Å². The van der Waals surface area contributed by atoms with E-state index in [1.54, 1.807) is 48.5 Å². The summed E-state index contributed by atoms with van der Waals surface area (Å²) in [7, 11) is 0. The largest absolute Gasteiger partial charge is 0.492 e. The van der Waals surface area contributed by atoms with E-state index < -0.39 is 18.0 Å². The summed E-state index contributed by atoms with van der Waals surface area (Å²) in [5, 5.41) is 2.83. The first-order valence-electron chi connectivity index (χ1n) is 9.85. The molecule has 0 bridgehead atoms. The number of aryl methyl sites for hydroxylation is 2. The van der Waals surface area contributed by atoms with E-state index in [2.05, 4.69) is 5.32 Å². The molecule has 0 saturated carbocycles. The maximum atomic E-state index is 13.1. The van der Waals surface area contributed by atoms with Crippen LogP contribution < -0.4 is 10.1 Å². The highest BCUT2D eigenvalue weighted by Crippen LogP contribution is 2.27. The smallest absolute Gasteiger partial charge is 0.339 e. The van der Waals surface area contributed by atoms with Crippen molar-refractivity contribution in [3.63, 3.8) is 0 Å². The molecule has 3 aromatic carbocycles. The van der Waals surface area contributed by atoms with Gasteiger partial charge in [0.15, 0.2) is 0 Å². The van der Waals surface area contributed by atoms with Crippen molar-refractivity contribution in [1.82, 2.24) is 0 Å². The molecule has 0 unspecified atom stereocenters. The summed E-state index contributed by atoms with van der Waals surface area (Å²) in [4.78, 5) is 26.0. The number of nitrogens with one attached hydrogen (secondary N) is 1. The van der Waals surface area contributed by atoms with Crippen LogP contribution in [0.15, 0.2) is 72.8 Å². The molecule has 0 aliphatic carbocycles. The third-order valence-electron chi connectivity index (χ3n) is 4.61. The molecule has 3 aromatic rings. The zero-order valence-electron chi connectivity index (χ0n) is 17.3.